The van der Waals surface area contributed by atoms with Crippen molar-refractivity contribution >= 4 is 34.0 Å². The minimum absolute atomic E-state index is 0.0755. The number of nitrogens with zero attached hydrogens (tertiary/aromatic N) is 8. The van der Waals surface area contributed by atoms with Gasteiger partial charge in [0.2, 0.25) is 0 Å². The van der Waals surface area contributed by atoms with E-state index in [1.165, 1.54) is 34.4 Å². The normalized spacial score (nSPS) is 34.1. The van der Waals surface area contributed by atoms with Crippen LogP contribution >= 0.6 is 0 Å². The Bertz CT molecular complexity index is 1460. The molecule has 0 unspecified atom stereocenters. The monoisotopic (exact) mass is 516 g/mol. The standard InChI is InChI=1S/C20H24N10O7/c21-15-9-17(25-3-23-15)29(5-27-9)19-13(34)11(32)7(36-19)1-20(14(35)12(33)8(2-31)37-20)30-6-28-10-16(22)24-4-26-18(10)30/h3-8,11-14,19,31-35H,1-2H2,(H2,21,23,25)(H2,22,24,26)/t7-,8-,11-,12-,13-,14-,19-,20-/m1/s1. The van der Waals surface area contributed by atoms with Crippen molar-refractivity contribution in [3.8, 4) is 0 Å². The first-order valence-electron chi connectivity index (χ1n) is 11.3. The average Bonchev–Trinajstić information content (AvgIpc) is 3.63. The summed E-state index contributed by atoms with van der Waals surface area (Å²) in [7, 11) is 0. The molecule has 0 bridgehead atoms. The molecule has 17 nitrogen and oxygen atoms in total. The quantitative estimate of drug-likeness (QED) is 0.136. The van der Waals surface area contributed by atoms with Gasteiger partial charge >= 0.3 is 0 Å². The molecule has 4 aromatic rings. The minimum atomic E-state index is -1.83. The Balaban J connectivity index is 1.40. The third-order valence-corrected chi connectivity index (χ3v) is 6.96. The fraction of sp³-hybridized carbons (Fsp3) is 0.500. The second-order valence-corrected chi connectivity index (χ2v) is 9.00. The van der Waals surface area contributed by atoms with E-state index in [4.69, 9.17) is 20.9 Å². The van der Waals surface area contributed by atoms with Crippen molar-refractivity contribution in [2.24, 2.45) is 0 Å². The van der Waals surface area contributed by atoms with Gasteiger partial charge in [-0.3, -0.25) is 9.13 Å². The van der Waals surface area contributed by atoms with Crippen LogP contribution in [0.15, 0.2) is 25.3 Å². The van der Waals surface area contributed by atoms with Crippen LogP contribution in [0, 0.1) is 0 Å². The molecule has 2 aliphatic heterocycles. The largest absolute Gasteiger partial charge is 0.394 e. The first-order valence-corrected chi connectivity index (χ1v) is 11.3. The van der Waals surface area contributed by atoms with E-state index in [9.17, 15) is 25.5 Å². The molecular formula is C20H24N10O7. The summed E-state index contributed by atoms with van der Waals surface area (Å²) in [4.78, 5) is 24.5. The number of ether oxygens (including phenoxy) is 2. The number of anilines is 2. The molecule has 8 atom stereocenters. The number of rotatable bonds is 5. The molecule has 17 heteroatoms. The molecule has 0 radical (unpaired) electrons. The Morgan fingerprint density at radius 2 is 1.46 bits per heavy atom. The molecule has 196 valence electrons. The van der Waals surface area contributed by atoms with Crippen LogP contribution in [0.1, 0.15) is 12.6 Å². The lowest BCUT2D eigenvalue weighted by molar-refractivity contribution is -0.177. The molecule has 9 N–H and O–H groups in total. The van der Waals surface area contributed by atoms with Crippen LogP contribution in [-0.4, -0.2) is 108 Å². The van der Waals surface area contributed by atoms with Crippen LogP contribution in [0.4, 0.5) is 11.6 Å². The second kappa shape index (κ2) is 8.48. The summed E-state index contributed by atoms with van der Waals surface area (Å²) in [6, 6.07) is 0. The minimum Gasteiger partial charge on any atom is -0.394 e. The van der Waals surface area contributed by atoms with E-state index in [1.54, 1.807) is 0 Å². The summed E-state index contributed by atoms with van der Waals surface area (Å²) in [5.41, 5.74) is 10.9. The van der Waals surface area contributed by atoms with Gasteiger partial charge in [-0.05, 0) is 0 Å². The highest BCUT2D eigenvalue weighted by atomic mass is 16.6. The molecule has 0 saturated carbocycles. The number of imidazole rings is 2. The molecule has 0 spiro atoms. The maximum Gasteiger partial charge on any atom is 0.179 e. The summed E-state index contributed by atoms with van der Waals surface area (Å²) >= 11 is 0. The Labute approximate surface area is 207 Å². The van der Waals surface area contributed by atoms with Crippen LogP contribution in [0.25, 0.3) is 22.3 Å². The van der Waals surface area contributed by atoms with Gasteiger partial charge in [-0.25, -0.2) is 29.9 Å². The van der Waals surface area contributed by atoms with Crippen molar-refractivity contribution in [3.63, 3.8) is 0 Å². The lowest BCUT2D eigenvalue weighted by Crippen LogP contribution is -2.49. The van der Waals surface area contributed by atoms with E-state index < -0.39 is 55.2 Å². The summed E-state index contributed by atoms with van der Waals surface area (Å²) in [6.07, 6.45) is -4.70. The lowest BCUT2D eigenvalue weighted by Gasteiger charge is -2.36. The summed E-state index contributed by atoms with van der Waals surface area (Å²) in [5, 5.41) is 53.5. The summed E-state index contributed by atoms with van der Waals surface area (Å²) in [5.74, 6) is 0.207. The Hall–Kier alpha value is -3.58. The first kappa shape index (κ1) is 23.8. The van der Waals surface area contributed by atoms with Gasteiger partial charge in [-0.2, -0.15) is 0 Å². The Morgan fingerprint density at radius 1 is 0.811 bits per heavy atom. The van der Waals surface area contributed by atoms with Crippen LogP contribution in [0.2, 0.25) is 0 Å². The van der Waals surface area contributed by atoms with Gasteiger partial charge in [0, 0.05) is 6.42 Å². The zero-order valence-electron chi connectivity index (χ0n) is 19.1. The number of aliphatic hydroxyl groups excluding tert-OH is 5. The average molecular weight is 516 g/mol. The number of aromatic nitrogens is 8. The fourth-order valence-corrected chi connectivity index (χ4v) is 5.09. The van der Waals surface area contributed by atoms with Crippen LogP contribution in [0.5, 0.6) is 0 Å². The van der Waals surface area contributed by atoms with Crippen LogP contribution in [-0.2, 0) is 15.2 Å². The lowest BCUT2D eigenvalue weighted by atomic mass is 9.93. The number of hydrogen-bond acceptors (Lipinski definition) is 15. The molecule has 2 aliphatic rings. The summed E-state index contributed by atoms with van der Waals surface area (Å²) < 4.78 is 14.8. The predicted octanol–water partition coefficient (Wildman–Crippen LogP) is -3.39. The van der Waals surface area contributed by atoms with Crippen LogP contribution in [0.3, 0.4) is 0 Å². The van der Waals surface area contributed by atoms with Gasteiger partial charge in [-0.15, -0.1) is 0 Å². The van der Waals surface area contributed by atoms with Gasteiger partial charge in [0.1, 0.15) is 54.2 Å². The highest BCUT2D eigenvalue weighted by Gasteiger charge is 2.59. The number of aliphatic hydroxyl groups is 5. The number of nitrogen functional groups attached to an aromatic ring is 2. The maximum atomic E-state index is 11.2. The first-order chi connectivity index (χ1) is 17.8. The molecule has 0 aliphatic carbocycles. The van der Waals surface area contributed by atoms with E-state index >= 15 is 0 Å². The molecule has 2 saturated heterocycles. The second-order valence-electron chi connectivity index (χ2n) is 9.00. The highest BCUT2D eigenvalue weighted by Crippen LogP contribution is 2.45. The molecule has 4 aromatic heterocycles. The topological polar surface area (TPSA) is 259 Å². The third kappa shape index (κ3) is 3.37. The zero-order valence-corrected chi connectivity index (χ0v) is 19.1. The maximum absolute atomic E-state index is 11.2. The van der Waals surface area contributed by atoms with Crippen molar-refractivity contribution in [1.82, 2.24) is 39.0 Å². The van der Waals surface area contributed by atoms with Gasteiger partial charge in [-0.1, -0.05) is 0 Å². The van der Waals surface area contributed by atoms with Crippen molar-refractivity contribution in [2.75, 3.05) is 18.1 Å². The molecule has 0 aromatic carbocycles. The molecule has 6 heterocycles. The van der Waals surface area contributed by atoms with E-state index in [1.807, 2.05) is 0 Å². The number of hydrogen-bond donors (Lipinski definition) is 7. The zero-order chi connectivity index (χ0) is 26.1. The van der Waals surface area contributed by atoms with Gasteiger partial charge in [0.25, 0.3) is 0 Å². The molecular weight excluding hydrogens is 492 g/mol. The van der Waals surface area contributed by atoms with E-state index in [2.05, 4.69) is 29.9 Å². The van der Waals surface area contributed by atoms with Crippen molar-refractivity contribution in [3.05, 3.63) is 25.3 Å². The van der Waals surface area contributed by atoms with E-state index in [0.29, 0.717) is 5.52 Å². The smallest absolute Gasteiger partial charge is 0.179 e. The number of fused-ring (bicyclic) bond motifs is 2. The number of nitrogens with two attached hydrogens (primary N) is 2. The predicted molar refractivity (Wildman–Crippen MR) is 122 cm³/mol. The Morgan fingerprint density at radius 3 is 2.14 bits per heavy atom. The molecule has 2 fully saturated rings. The molecule has 0 amide bonds. The third-order valence-electron chi connectivity index (χ3n) is 6.96. The SMILES string of the molecule is Nc1ncnc2c1ncn2[C@@H]1O[C@H](C[C@@]2(n3cnc4c(N)ncnc43)O[C@H](CO)[C@@H](O)[C@H]2O)[C@@H](O)[C@H]1O. The van der Waals surface area contributed by atoms with Crippen LogP contribution < -0.4 is 11.5 Å². The van der Waals surface area contributed by atoms with Gasteiger partial charge in [0.15, 0.2) is 34.9 Å². The van der Waals surface area contributed by atoms with E-state index in [-0.39, 0.29) is 34.9 Å². The van der Waals surface area contributed by atoms with Crippen molar-refractivity contribution in [1.29, 1.82) is 0 Å². The Kier molecular flexibility index (Phi) is 5.46. The van der Waals surface area contributed by atoms with E-state index in [0.717, 1.165) is 0 Å². The fourth-order valence-electron chi connectivity index (χ4n) is 5.09. The molecule has 37 heavy (non-hydrogen) atoms. The van der Waals surface area contributed by atoms with Crippen molar-refractivity contribution in [2.45, 2.75) is 55.0 Å². The van der Waals surface area contributed by atoms with Crippen molar-refractivity contribution < 1.29 is 35.0 Å². The van der Waals surface area contributed by atoms with Gasteiger partial charge < -0.3 is 46.5 Å². The molecule has 6 rings (SSSR count). The van der Waals surface area contributed by atoms with Gasteiger partial charge in [0.05, 0.1) is 25.4 Å². The summed E-state index contributed by atoms with van der Waals surface area (Å²) in [6.45, 7) is -0.606. The highest BCUT2D eigenvalue weighted by molar-refractivity contribution is 5.82.